The lowest BCUT2D eigenvalue weighted by Gasteiger charge is -2.41. The number of anilines is 3. The Labute approximate surface area is 311 Å². The average Bonchev–Trinajstić information content (AvgIpc) is 3.78. The summed E-state index contributed by atoms with van der Waals surface area (Å²) >= 11 is 0. The van der Waals surface area contributed by atoms with Gasteiger partial charge >= 0.3 is 0 Å². The van der Waals surface area contributed by atoms with Crippen molar-refractivity contribution in [1.29, 1.82) is 0 Å². The molecule has 0 saturated carbocycles. The molecule has 2 aliphatic rings. The van der Waals surface area contributed by atoms with Crippen molar-refractivity contribution in [3.8, 4) is 16.8 Å². The van der Waals surface area contributed by atoms with Gasteiger partial charge in [-0.1, -0.05) is 121 Å². The van der Waals surface area contributed by atoms with E-state index in [4.69, 9.17) is 4.42 Å². The molecule has 9 aromatic carbocycles. The van der Waals surface area contributed by atoms with E-state index in [-0.39, 0.29) is 6.71 Å². The number of rotatable bonds is 2. The Morgan fingerprint density at radius 2 is 1.09 bits per heavy atom. The number of benzene rings is 9. The molecule has 0 aliphatic carbocycles. The molecule has 2 aliphatic heterocycles. The number of hydrogen-bond acceptors (Lipinski definition) is 2. The lowest BCUT2D eigenvalue weighted by molar-refractivity contribution is 0.669. The monoisotopic (exact) mass is 684 g/mol. The molecule has 0 unspecified atom stereocenters. The second-order valence-electron chi connectivity index (χ2n) is 14.9. The minimum absolute atomic E-state index is 0.0328. The van der Waals surface area contributed by atoms with Crippen molar-refractivity contribution in [2.24, 2.45) is 0 Å². The molecule has 0 radical (unpaired) electrons. The Morgan fingerprint density at radius 1 is 0.426 bits per heavy atom. The van der Waals surface area contributed by atoms with Crippen LogP contribution in [0.4, 0.5) is 17.1 Å². The molecule has 4 heterocycles. The molecule has 0 spiro atoms. The molecule has 4 heteroatoms. The van der Waals surface area contributed by atoms with Gasteiger partial charge in [0.25, 0.3) is 6.71 Å². The Hall–Kier alpha value is -7.04. The molecule has 54 heavy (non-hydrogen) atoms. The maximum atomic E-state index is 6.45. The molecule has 13 rings (SSSR count). The number of para-hydroxylation sites is 3. The summed E-state index contributed by atoms with van der Waals surface area (Å²) in [4.78, 5) is 2.51. The predicted molar refractivity (Wildman–Crippen MR) is 228 cm³/mol. The van der Waals surface area contributed by atoms with E-state index in [2.05, 4.69) is 179 Å². The first kappa shape index (κ1) is 28.5. The molecule has 0 fully saturated rings. The van der Waals surface area contributed by atoms with E-state index in [1.165, 1.54) is 76.8 Å². The molecular weight excluding hydrogens is 655 g/mol. The third kappa shape index (κ3) is 3.67. The van der Waals surface area contributed by atoms with Crippen molar-refractivity contribution in [2.75, 3.05) is 4.90 Å². The van der Waals surface area contributed by atoms with Gasteiger partial charge in [0.2, 0.25) is 0 Å². The standard InChI is InChI=1S/C50H29BN2O/c1-2-15-35(16-3-1)52-43-26-31-13-5-4-12-30(31)24-40(43)51-41-25-33-14-6-7-17-36(33)48-39-19-8-10-20-42(39)53(50(41)48)45-28-34(27-44(52)49(45)51)32-22-23-38-37-18-9-11-21-46(37)54-47(38)29-32/h1-29H. The van der Waals surface area contributed by atoms with E-state index in [1.807, 2.05) is 6.07 Å². The van der Waals surface area contributed by atoms with E-state index in [0.717, 1.165) is 38.8 Å². The fourth-order valence-electron chi connectivity index (χ4n) is 9.84. The van der Waals surface area contributed by atoms with Crippen molar-refractivity contribution in [3.63, 3.8) is 0 Å². The topological polar surface area (TPSA) is 21.3 Å². The summed E-state index contributed by atoms with van der Waals surface area (Å²) in [7, 11) is 0. The zero-order chi connectivity index (χ0) is 35.1. The number of aromatic nitrogens is 1. The second kappa shape index (κ2) is 10.3. The van der Waals surface area contributed by atoms with Gasteiger partial charge in [-0.05, 0) is 104 Å². The highest BCUT2D eigenvalue weighted by Crippen LogP contribution is 2.45. The molecule has 248 valence electrons. The summed E-state index contributed by atoms with van der Waals surface area (Å²) in [6.45, 7) is 0.0328. The van der Waals surface area contributed by atoms with Gasteiger partial charge in [-0.15, -0.1) is 0 Å². The zero-order valence-corrected chi connectivity index (χ0v) is 29.1. The average molecular weight is 685 g/mol. The largest absolute Gasteiger partial charge is 0.456 e. The zero-order valence-electron chi connectivity index (χ0n) is 29.1. The van der Waals surface area contributed by atoms with Gasteiger partial charge in [0.05, 0.1) is 11.0 Å². The van der Waals surface area contributed by atoms with Gasteiger partial charge < -0.3 is 13.9 Å². The minimum atomic E-state index is 0.0328. The van der Waals surface area contributed by atoms with Crippen LogP contribution in [0.5, 0.6) is 0 Å². The first-order valence-corrected chi connectivity index (χ1v) is 18.7. The van der Waals surface area contributed by atoms with Gasteiger partial charge in [-0.2, -0.15) is 0 Å². The summed E-state index contributed by atoms with van der Waals surface area (Å²) < 4.78 is 9.02. The summed E-state index contributed by atoms with van der Waals surface area (Å²) in [5, 5.41) is 9.96. The summed E-state index contributed by atoms with van der Waals surface area (Å²) in [6, 6.07) is 64.9. The molecule has 0 bridgehead atoms. The smallest absolute Gasteiger partial charge is 0.252 e. The third-order valence-electron chi connectivity index (χ3n) is 12.1. The Balaban J connectivity index is 1.22. The van der Waals surface area contributed by atoms with Crippen LogP contribution in [0.3, 0.4) is 0 Å². The maximum absolute atomic E-state index is 6.45. The first-order valence-electron chi connectivity index (χ1n) is 18.7. The van der Waals surface area contributed by atoms with E-state index in [0.29, 0.717) is 0 Å². The van der Waals surface area contributed by atoms with E-state index < -0.39 is 0 Å². The highest BCUT2D eigenvalue weighted by molar-refractivity contribution is 7.00. The molecule has 2 aromatic heterocycles. The molecule has 0 amide bonds. The number of hydrogen-bond donors (Lipinski definition) is 0. The van der Waals surface area contributed by atoms with Crippen LogP contribution in [0.1, 0.15) is 0 Å². The van der Waals surface area contributed by atoms with Crippen LogP contribution < -0.4 is 21.3 Å². The van der Waals surface area contributed by atoms with Crippen LogP contribution >= 0.6 is 0 Å². The van der Waals surface area contributed by atoms with Crippen molar-refractivity contribution < 1.29 is 4.42 Å². The SMILES string of the molecule is c1ccc(N2c3cc4ccccc4cc3B3c4c2cc(-c2ccc5c(c2)oc2ccccc25)cc4-n2c4ccccc4c4c5ccccc5cc3c42)cc1. The fourth-order valence-corrected chi connectivity index (χ4v) is 9.84. The third-order valence-corrected chi connectivity index (χ3v) is 12.1. The van der Waals surface area contributed by atoms with Gasteiger partial charge in [-0.3, -0.25) is 0 Å². The highest BCUT2D eigenvalue weighted by atomic mass is 16.3. The van der Waals surface area contributed by atoms with Crippen LogP contribution in [-0.4, -0.2) is 11.3 Å². The van der Waals surface area contributed by atoms with Crippen molar-refractivity contribution in [1.82, 2.24) is 4.57 Å². The maximum Gasteiger partial charge on any atom is 0.252 e. The van der Waals surface area contributed by atoms with Crippen molar-refractivity contribution in [3.05, 3.63) is 176 Å². The van der Waals surface area contributed by atoms with Crippen LogP contribution in [-0.2, 0) is 0 Å². The molecule has 0 saturated heterocycles. The van der Waals surface area contributed by atoms with E-state index in [1.54, 1.807) is 0 Å². The summed E-state index contributed by atoms with van der Waals surface area (Å²) in [6.07, 6.45) is 0. The fraction of sp³-hybridized carbons (Fsp3) is 0. The molecule has 0 N–H and O–H groups in total. The first-order chi connectivity index (χ1) is 26.8. The molecular formula is C50H29BN2O. The molecule has 0 atom stereocenters. The highest BCUT2D eigenvalue weighted by Gasteiger charge is 2.43. The van der Waals surface area contributed by atoms with E-state index >= 15 is 0 Å². The predicted octanol–water partition coefficient (Wildman–Crippen LogP) is 11.3. The van der Waals surface area contributed by atoms with Gasteiger partial charge in [0, 0.05) is 44.3 Å². The van der Waals surface area contributed by atoms with Gasteiger partial charge in [-0.25, -0.2) is 0 Å². The number of furan rings is 1. The Bertz CT molecular complexity index is 3410. The molecule has 3 nitrogen and oxygen atoms in total. The van der Waals surface area contributed by atoms with Gasteiger partial charge in [0.15, 0.2) is 0 Å². The molecule has 11 aromatic rings. The number of fused-ring (bicyclic) bond motifs is 13. The summed E-state index contributed by atoms with van der Waals surface area (Å²) in [5.74, 6) is 0. The lowest BCUT2D eigenvalue weighted by atomic mass is 9.33. The normalized spacial score (nSPS) is 13.1. The van der Waals surface area contributed by atoms with Crippen molar-refractivity contribution >= 4 is 105 Å². The van der Waals surface area contributed by atoms with Gasteiger partial charge in [0.1, 0.15) is 11.2 Å². The second-order valence-corrected chi connectivity index (χ2v) is 14.9. The number of nitrogens with zero attached hydrogens (tertiary/aromatic N) is 2. The van der Waals surface area contributed by atoms with Crippen LogP contribution in [0, 0.1) is 0 Å². The lowest BCUT2D eigenvalue weighted by Crippen LogP contribution is -2.60. The summed E-state index contributed by atoms with van der Waals surface area (Å²) in [5.41, 5.74) is 15.5. The minimum Gasteiger partial charge on any atom is -0.456 e. The quantitative estimate of drug-likeness (QED) is 0.169. The van der Waals surface area contributed by atoms with Crippen LogP contribution in [0.25, 0.3) is 82.1 Å². The Morgan fingerprint density at radius 3 is 1.96 bits per heavy atom. The Kier molecular flexibility index (Phi) is 5.45. The van der Waals surface area contributed by atoms with Crippen LogP contribution in [0.2, 0.25) is 0 Å². The van der Waals surface area contributed by atoms with E-state index in [9.17, 15) is 0 Å². The van der Waals surface area contributed by atoms with Crippen molar-refractivity contribution in [2.45, 2.75) is 0 Å². The van der Waals surface area contributed by atoms with Crippen LogP contribution in [0.15, 0.2) is 180 Å².